The number of carbonyl (C=O) groups is 4. The lowest BCUT2D eigenvalue weighted by Gasteiger charge is -2.23. The van der Waals surface area contributed by atoms with Crippen LogP contribution in [0.15, 0.2) is 0 Å². The Labute approximate surface area is 207 Å². The Hall–Kier alpha value is -2.12. The number of nitrogens with zero attached hydrogens (tertiary/aromatic N) is 2. The topological polar surface area (TPSA) is 127 Å². The number of primary amides is 2. The molecule has 34 heavy (non-hydrogen) atoms. The van der Waals surface area contributed by atoms with Crippen molar-refractivity contribution in [2.45, 2.75) is 104 Å². The molecule has 0 saturated heterocycles. The summed E-state index contributed by atoms with van der Waals surface area (Å²) in [5.74, 6) is -3.54. The molecule has 0 spiro atoms. The van der Waals surface area contributed by atoms with Crippen LogP contribution < -0.4 is 11.5 Å². The lowest BCUT2D eigenvalue weighted by atomic mass is 9.94. The van der Waals surface area contributed by atoms with Gasteiger partial charge in [-0.2, -0.15) is 0 Å². The lowest BCUT2D eigenvalue weighted by molar-refractivity contribution is -0.142. The monoisotopic (exact) mass is 482 g/mol. The van der Waals surface area contributed by atoms with E-state index in [4.69, 9.17) is 11.5 Å². The smallest absolute Gasteiger partial charge is 0.234 e. The standard InChI is InChI=1S/C26H50N4O4/c1-5-7-9-11-15-19-29(3)25(33)21(23(27)31)17-13-14-18-22(24(28)32)26(34)30(4)20-16-12-10-8-6-2/h21-22H,5-20H2,1-4H3,(H2,27,31)(H2,28,32). The first-order chi connectivity index (χ1) is 16.2. The van der Waals surface area contributed by atoms with Crippen molar-refractivity contribution < 1.29 is 19.2 Å². The third-order valence-corrected chi connectivity index (χ3v) is 6.47. The Kier molecular flexibility index (Phi) is 18.0. The van der Waals surface area contributed by atoms with E-state index in [0.29, 0.717) is 38.8 Å². The van der Waals surface area contributed by atoms with E-state index in [2.05, 4.69) is 13.8 Å². The highest BCUT2D eigenvalue weighted by molar-refractivity contribution is 6.00. The largest absolute Gasteiger partial charge is 0.369 e. The predicted octanol–water partition coefficient (Wildman–Crippen LogP) is 3.61. The summed E-state index contributed by atoms with van der Waals surface area (Å²) in [6.45, 7) is 5.52. The van der Waals surface area contributed by atoms with Gasteiger partial charge in [-0.25, -0.2) is 0 Å². The van der Waals surface area contributed by atoms with Crippen molar-refractivity contribution >= 4 is 23.6 Å². The Morgan fingerprint density at radius 2 is 0.882 bits per heavy atom. The van der Waals surface area contributed by atoms with E-state index in [1.165, 1.54) is 12.8 Å². The number of amides is 4. The minimum Gasteiger partial charge on any atom is -0.369 e. The fraction of sp³-hybridized carbons (Fsp3) is 0.846. The molecule has 0 saturated carbocycles. The van der Waals surface area contributed by atoms with Gasteiger partial charge < -0.3 is 21.3 Å². The summed E-state index contributed by atoms with van der Waals surface area (Å²) >= 11 is 0. The maximum absolute atomic E-state index is 12.7. The van der Waals surface area contributed by atoms with Crippen LogP contribution in [0.4, 0.5) is 0 Å². The molecule has 0 aliphatic heterocycles. The van der Waals surface area contributed by atoms with Crippen LogP contribution in [0, 0.1) is 11.8 Å². The molecule has 2 unspecified atom stereocenters. The fourth-order valence-electron chi connectivity index (χ4n) is 4.13. The van der Waals surface area contributed by atoms with Crippen LogP contribution in [0.1, 0.15) is 104 Å². The van der Waals surface area contributed by atoms with E-state index < -0.39 is 23.7 Å². The van der Waals surface area contributed by atoms with Gasteiger partial charge in [0.2, 0.25) is 23.6 Å². The van der Waals surface area contributed by atoms with E-state index in [-0.39, 0.29) is 11.8 Å². The van der Waals surface area contributed by atoms with Crippen molar-refractivity contribution in [1.29, 1.82) is 0 Å². The van der Waals surface area contributed by atoms with E-state index in [1.54, 1.807) is 23.9 Å². The van der Waals surface area contributed by atoms with Gasteiger partial charge in [-0.15, -0.1) is 0 Å². The highest BCUT2D eigenvalue weighted by Crippen LogP contribution is 2.18. The van der Waals surface area contributed by atoms with Crippen LogP contribution in [0.5, 0.6) is 0 Å². The average molecular weight is 483 g/mol. The van der Waals surface area contributed by atoms with Crippen molar-refractivity contribution in [3.63, 3.8) is 0 Å². The Morgan fingerprint density at radius 1 is 0.559 bits per heavy atom. The molecule has 0 radical (unpaired) electrons. The molecule has 0 aromatic carbocycles. The van der Waals surface area contributed by atoms with Crippen LogP contribution in [0.3, 0.4) is 0 Å². The molecule has 2 atom stereocenters. The van der Waals surface area contributed by atoms with Crippen molar-refractivity contribution in [2.75, 3.05) is 27.2 Å². The van der Waals surface area contributed by atoms with E-state index in [1.807, 2.05) is 0 Å². The van der Waals surface area contributed by atoms with Gasteiger partial charge in [-0.3, -0.25) is 19.2 Å². The molecule has 0 fully saturated rings. The minimum absolute atomic E-state index is 0.256. The summed E-state index contributed by atoms with van der Waals surface area (Å²) < 4.78 is 0. The number of hydrogen-bond donors (Lipinski definition) is 2. The van der Waals surface area contributed by atoms with Crippen molar-refractivity contribution in [2.24, 2.45) is 23.3 Å². The van der Waals surface area contributed by atoms with Gasteiger partial charge in [0.25, 0.3) is 0 Å². The van der Waals surface area contributed by atoms with E-state index in [9.17, 15) is 19.2 Å². The Morgan fingerprint density at radius 3 is 1.18 bits per heavy atom. The van der Waals surface area contributed by atoms with Crippen LogP contribution in [-0.4, -0.2) is 60.6 Å². The van der Waals surface area contributed by atoms with Crippen LogP contribution >= 0.6 is 0 Å². The molecule has 0 bridgehead atoms. The molecule has 4 amide bonds. The molecule has 0 rings (SSSR count). The highest BCUT2D eigenvalue weighted by atomic mass is 16.2. The molecule has 8 heteroatoms. The number of nitrogens with two attached hydrogens (primary N) is 2. The van der Waals surface area contributed by atoms with Gasteiger partial charge in [0.05, 0.1) is 0 Å². The first-order valence-corrected chi connectivity index (χ1v) is 13.3. The third-order valence-electron chi connectivity index (χ3n) is 6.47. The molecule has 0 aliphatic rings. The second kappa shape index (κ2) is 19.2. The molecule has 8 nitrogen and oxygen atoms in total. The first-order valence-electron chi connectivity index (χ1n) is 13.3. The highest BCUT2D eigenvalue weighted by Gasteiger charge is 2.29. The quantitative estimate of drug-likeness (QED) is 0.191. The molecule has 198 valence electrons. The third kappa shape index (κ3) is 13.6. The molecule has 0 heterocycles. The van der Waals surface area contributed by atoms with Crippen LogP contribution in [-0.2, 0) is 19.2 Å². The SMILES string of the molecule is CCCCCCCN(C)C(=O)C(CCCCC(C(N)=O)C(=O)N(C)CCCCCCC)C(N)=O. The number of hydrogen-bond acceptors (Lipinski definition) is 4. The zero-order valence-corrected chi connectivity index (χ0v) is 22.2. The predicted molar refractivity (Wildman–Crippen MR) is 137 cm³/mol. The molecule has 4 N–H and O–H groups in total. The number of unbranched alkanes of at least 4 members (excludes halogenated alkanes) is 9. The van der Waals surface area contributed by atoms with Crippen LogP contribution in [0.2, 0.25) is 0 Å². The number of rotatable bonds is 21. The molecular formula is C26H50N4O4. The van der Waals surface area contributed by atoms with Crippen molar-refractivity contribution in [3.05, 3.63) is 0 Å². The van der Waals surface area contributed by atoms with Gasteiger partial charge in [-0.1, -0.05) is 78.1 Å². The van der Waals surface area contributed by atoms with Gasteiger partial charge in [-0.05, 0) is 25.7 Å². The summed E-state index contributed by atoms with van der Waals surface area (Å²) in [4.78, 5) is 52.4. The average Bonchev–Trinajstić information content (AvgIpc) is 2.79. The maximum Gasteiger partial charge on any atom is 0.234 e. The van der Waals surface area contributed by atoms with Gasteiger partial charge >= 0.3 is 0 Å². The Balaban J connectivity index is 4.56. The second-order valence-electron chi connectivity index (χ2n) is 9.54. The van der Waals surface area contributed by atoms with Gasteiger partial charge in [0.15, 0.2) is 0 Å². The van der Waals surface area contributed by atoms with Crippen LogP contribution in [0.25, 0.3) is 0 Å². The summed E-state index contributed by atoms with van der Waals surface area (Å²) in [7, 11) is 3.41. The summed E-state index contributed by atoms with van der Waals surface area (Å²) in [5.41, 5.74) is 11.0. The van der Waals surface area contributed by atoms with Gasteiger partial charge in [0.1, 0.15) is 11.8 Å². The van der Waals surface area contributed by atoms with Gasteiger partial charge in [0, 0.05) is 27.2 Å². The second-order valence-corrected chi connectivity index (χ2v) is 9.54. The van der Waals surface area contributed by atoms with E-state index in [0.717, 1.165) is 51.4 Å². The number of carbonyl (C=O) groups excluding carboxylic acids is 4. The molecule has 0 aliphatic carbocycles. The molecule has 0 aromatic rings. The maximum atomic E-state index is 12.7. The first kappa shape index (κ1) is 31.9. The molecule has 0 aromatic heterocycles. The zero-order valence-electron chi connectivity index (χ0n) is 22.2. The lowest BCUT2D eigenvalue weighted by Crippen LogP contribution is -2.41. The minimum atomic E-state index is -0.880. The Bertz CT molecular complexity index is 560. The molecular weight excluding hydrogens is 432 g/mol. The summed E-state index contributed by atoms with van der Waals surface area (Å²) in [6.07, 6.45) is 12.6. The fourth-order valence-corrected chi connectivity index (χ4v) is 4.13. The normalized spacial score (nSPS) is 12.7. The van der Waals surface area contributed by atoms with Crippen molar-refractivity contribution in [3.8, 4) is 0 Å². The summed E-state index contributed by atoms with van der Waals surface area (Å²) in [6, 6.07) is 0. The summed E-state index contributed by atoms with van der Waals surface area (Å²) in [5, 5.41) is 0. The zero-order chi connectivity index (χ0) is 25.9. The van der Waals surface area contributed by atoms with E-state index >= 15 is 0 Å². The van der Waals surface area contributed by atoms with Crippen molar-refractivity contribution in [1.82, 2.24) is 9.80 Å².